The molecule has 716 valence electrons. The van der Waals surface area contributed by atoms with Crippen molar-refractivity contribution in [3.8, 4) is 85.0 Å². The molecule has 2 saturated heterocycles. The molecule has 3 aromatic carbocycles. The fourth-order valence-electron chi connectivity index (χ4n) is 20.0. The zero-order valence-corrected chi connectivity index (χ0v) is 78.8. The van der Waals surface area contributed by atoms with Crippen LogP contribution in [0.2, 0.25) is 0 Å². The molecule has 6 aliphatic heterocycles. The zero-order chi connectivity index (χ0) is 96.3. The summed E-state index contributed by atoms with van der Waals surface area (Å²) in [6, 6.07) is 31.1. The van der Waals surface area contributed by atoms with E-state index in [9.17, 15) is 38.0 Å². The summed E-state index contributed by atoms with van der Waals surface area (Å²) in [4.78, 5) is 124. The standard InChI is InChI=1S/C29H31N7O3.C25H27N7O2.C24H24F2N8O.C23H24N8O/c1-30-28(37)23-7-6-20(15-32-23)24-14-19-4-3-5-21(22(19)16-33-24)26-25-17-35(29(38)31-2)10-11-36(25)27(34-26)18-8-12-39-13-9-18;1-27-25(33)31-7-8-32-21(15-31)22(29-24(32)16-5-6-16)18-3-2-4-20-19(18)13-17(14-26)23(28-20)30-9-11-34-12-10-30;1-27-24(35)33-7-8-34-18(12-33)20(31-23(34)13-3-4-13)15-5-6-28-22-16(15)9-17(21(25)26)19(30-22)14-10-29-32(2)11-14;1-24-23(32)30-8-9-31-19(13-30)20(28-22(31)14-6-7-14)16-4-3-5-18-17(16)11-25-21(27-18)15-10-26-29(2)12-15/h3-7,14-16,18H,8-13,17H2,1-2H3,(H,30,37)(H,31,38);2-4,13,16H,5-12,15H2,1H3,(H,27,33);5-6,9-11,13,21H,3-4,7-8,12H2,1-2H3,(H,27,35);3-5,10-12,14H,6-9,13H2,1-2H3,(H,24,32). The lowest BCUT2D eigenvalue weighted by Crippen LogP contribution is -2.43. The quantitative estimate of drug-likeness (QED) is 0.0675. The van der Waals surface area contributed by atoms with Crippen molar-refractivity contribution in [3.05, 3.63) is 203 Å². The van der Waals surface area contributed by atoms with Crippen LogP contribution in [0.1, 0.15) is 149 Å². The highest BCUT2D eigenvalue weighted by Crippen LogP contribution is 2.49. The number of benzene rings is 3. The van der Waals surface area contributed by atoms with E-state index < -0.39 is 6.43 Å². The number of halogens is 2. The molecule has 39 heteroatoms. The van der Waals surface area contributed by atoms with E-state index in [1.54, 1.807) is 93.5 Å². The maximum Gasteiger partial charge on any atom is 0.317 e. The average Bonchev–Trinajstić information content (AvgIpc) is 1.59. The van der Waals surface area contributed by atoms with E-state index in [0.717, 1.165) is 207 Å². The number of hydrogen-bond donors (Lipinski definition) is 5. The Labute approximate surface area is 803 Å². The van der Waals surface area contributed by atoms with Gasteiger partial charge >= 0.3 is 24.1 Å². The second-order valence-electron chi connectivity index (χ2n) is 36.5. The first kappa shape index (κ1) is 90.9. The molecule has 0 spiro atoms. The molecule has 12 aromatic heterocycles. The lowest BCUT2D eigenvalue weighted by molar-refractivity contribution is 0.0823. The summed E-state index contributed by atoms with van der Waals surface area (Å²) in [5.74, 6) is 7.26. The monoisotopic (exact) mass is 1890 g/mol. The number of urea groups is 4. The van der Waals surface area contributed by atoms with E-state index >= 15 is 0 Å². The molecule has 0 unspecified atom stereocenters. The minimum absolute atomic E-state index is 0.0567. The normalized spacial score (nSPS) is 16.2. The van der Waals surface area contributed by atoms with Crippen LogP contribution in [0.3, 0.4) is 0 Å². The van der Waals surface area contributed by atoms with Crippen LogP contribution in [0.4, 0.5) is 33.8 Å². The van der Waals surface area contributed by atoms with Gasteiger partial charge in [-0.25, -0.2) is 72.8 Å². The first-order valence-electron chi connectivity index (χ1n) is 47.7. The fraction of sp³-hybridized carbons (Fsp3) is 0.376. The number of anilines is 1. The molecule has 0 atom stereocenters. The highest BCUT2D eigenvalue weighted by Gasteiger charge is 2.41. The van der Waals surface area contributed by atoms with Gasteiger partial charge in [0.2, 0.25) is 0 Å². The molecule has 5 fully saturated rings. The van der Waals surface area contributed by atoms with Crippen molar-refractivity contribution in [2.45, 2.75) is 134 Å². The number of rotatable bonds is 14. The van der Waals surface area contributed by atoms with Gasteiger partial charge in [-0.05, 0) is 105 Å². The number of pyridine rings is 5. The number of nitrogens with zero attached hydrogens (tertiary/aromatic N) is 25. The van der Waals surface area contributed by atoms with Crippen LogP contribution in [0, 0.1) is 11.3 Å². The van der Waals surface area contributed by atoms with Crippen LogP contribution in [0.15, 0.2) is 141 Å². The Hall–Kier alpha value is -15.6. The summed E-state index contributed by atoms with van der Waals surface area (Å²) in [5.41, 5.74) is 17.2. The van der Waals surface area contributed by atoms with Crippen LogP contribution in [0.25, 0.3) is 123 Å². The highest BCUT2D eigenvalue weighted by atomic mass is 19.3. The molecule has 0 bridgehead atoms. The maximum atomic E-state index is 14.2. The molecule has 18 heterocycles. The molecule has 37 nitrogen and oxygen atoms in total. The summed E-state index contributed by atoms with van der Waals surface area (Å²) >= 11 is 0. The number of fused-ring (bicyclic) bond motifs is 8. The number of morpholine rings is 1. The highest BCUT2D eigenvalue weighted by molar-refractivity contribution is 6.00. The maximum absolute atomic E-state index is 14.2. The predicted octanol–water partition coefficient (Wildman–Crippen LogP) is 13.2. The van der Waals surface area contributed by atoms with Crippen molar-refractivity contribution in [3.63, 3.8) is 0 Å². The fourth-order valence-corrected chi connectivity index (χ4v) is 20.0. The number of aryl methyl sites for hydroxylation is 2. The number of amides is 9. The molecule has 0 radical (unpaired) electrons. The van der Waals surface area contributed by atoms with Crippen molar-refractivity contribution in [2.75, 3.05) is 106 Å². The van der Waals surface area contributed by atoms with Gasteiger partial charge in [0.1, 0.15) is 40.9 Å². The van der Waals surface area contributed by atoms with E-state index in [2.05, 4.69) is 110 Å². The number of nitrogens with one attached hydrogen (secondary N) is 5. The van der Waals surface area contributed by atoms with Gasteiger partial charge in [-0.15, -0.1) is 0 Å². The Balaban J connectivity index is 0.000000111. The van der Waals surface area contributed by atoms with E-state index in [0.29, 0.717) is 153 Å². The van der Waals surface area contributed by atoms with Crippen LogP contribution >= 0.6 is 0 Å². The van der Waals surface area contributed by atoms with Crippen molar-refractivity contribution in [1.82, 2.24) is 139 Å². The topological polar surface area (TPSA) is 401 Å². The van der Waals surface area contributed by atoms with Crippen molar-refractivity contribution < 1.29 is 42.2 Å². The van der Waals surface area contributed by atoms with Crippen LogP contribution < -0.4 is 31.5 Å². The molecule has 3 saturated carbocycles. The molecule has 140 heavy (non-hydrogen) atoms. The second kappa shape index (κ2) is 38.4. The van der Waals surface area contributed by atoms with Gasteiger partial charge in [-0.2, -0.15) is 15.5 Å². The predicted molar refractivity (Wildman–Crippen MR) is 519 cm³/mol. The first-order chi connectivity index (χ1) is 68.3. The summed E-state index contributed by atoms with van der Waals surface area (Å²) in [7, 11) is 11.8. The number of ether oxygens (including phenoxy) is 2. The van der Waals surface area contributed by atoms with E-state index in [-0.39, 0.29) is 41.3 Å². The van der Waals surface area contributed by atoms with E-state index in [1.165, 1.54) is 25.1 Å². The average molecular weight is 1890 g/mol. The molecule has 24 rings (SSSR count). The molecule has 15 aromatic rings. The van der Waals surface area contributed by atoms with Crippen molar-refractivity contribution in [2.24, 2.45) is 14.1 Å². The largest absolute Gasteiger partial charge is 0.381 e. The number of hydrogen-bond acceptors (Lipinski definition) is 22. The Morgan fingerprint density at radius 1 is 0.421 bits per heavy atom. The minimum atomic E-state index is -2.73. The Bertz CT molecular complexity index is 7390. The third-order valence-electron chi connectivity index (χ3n) is 27.7. The van der Waals surface area contributed by atoms with Crippen LogP contribution in [-0.2, 0) is 75.9 Å². The minimum Gasteiger partial charge on any atom is -0.381 e. The lowest BCUT2D eigenvalue weighted by Gasteiger charge is -2.30. The number of carbonyl (C=O) groups is 5. The van der Waals surface area contributed by atoms with Crippen molar-refractivity contribution >= 4 is 79.5 Å². The Kier molecular flexibility index (Phi) is 24.9. The summed E-state index contributed by atoms with van der Waals surface area (Å²) in [6.45, 7) is 11.6. The van der Waals surface area contributed by atoms with Gasteiger partial charge < -0.3 is 78.8 Å². The first-order valence-corrected chi connectivity index (χ1v) is 47.7. The Morgan fingerprint density at radius 3 is 1.35 bits per heavy atom. The van der Waals surface area contributed by atoms with Gasteiger partial charge in [0, 0.05) is 249 Å². The smallest absolute Gasteiger partial charge is 0.317 e. The lowest BCUT2D eigenvalue weighted by atomic mass is 9.99. The van der Waals surface area contributed by atoms with Crippen molar-refractivity contribution in [1.29, 1.82) is 5.26 Å². The SMILES string of the molecule is CNC(=O)N1CCn2c(C3CC3)nc(-c3cccc4nc(-c5cnn(C)c5)ncc34)c2C1.CNC(=O)N1CCn2c(C3CC3)nc(-c3cccc4nc(N5CCOCC5)c(C#N)cc34)c2C1.CNC(=O)N1CCn2c(C3CC3)nc(-c3ccnc4nc(-c5cnn(C)c5)c(C(F)F)cc34)c2C1.CNC(=O)c1ccc(-c2cc3cccc(-c4nc(C5CCOCC5)n5c4CN(C(=O)NC)CC5)c3cn2)cn1. The van der Waals surface area contributed by atoms with Crippen LogP contribution in [0.5, 0.6) is 0 Å². The number of alkyl halides is 2. The van der Waals surface area contributed by atoms with Gasteiger partial charge in [0.15, 0.2) is 11.5 Å². The number of imidazole rings is 4. The Morgan fingerprint density at radius 2 is 0.886 bits per heavy atom. The summed E-state index contributed by atoms with van der Waals surface area (Å²) < 4.78 is 51.9. The third-order valence-corrected chi connectivity index (χ3v) is 27.7. The second-order valence-corrected chi connectivity index (χ2v) is 36.5. The zero-order valence-electron chi connectivity index (χ0n) is 78.8. The van der Waals surface area contributed by atoms with Gasteiger partial charge in [0.25, 0.3) is 12.3 Å². The number of aromatic nitrogens is 19. The van der Waals surface area contributed by atoms with Gasteiger partial charge in [0.05, 0.1) is 131 Å². The van der Waals surface area contributed by atoms with E-state index in [1.807, 2.05) is 88.9 Å². The van der Waals surface area contributed by atoms with Gasteiger partial charge in [-0.1, -0.05) is 42.5 Å². The third kappa shape index (κ3) is 17.7. The number of carbonyl (C=O) groups excluding carboxylic acids is 5. The number of nitriles is 1. The van der Waals surface area contributed by atoms with Gasteiger partial charge in [-0.3, -0.25) is 24.1 Å². The molecule has 9 amide bonds. The molecular weight excluding hydrogens is 1780 g/mol. The molecule has 3 aliphatic carbocycles. The van der Waals surface area contributed by atoms with Crippen LogP contribution in [-0.4, -0.2) is 243 Å². The molecule has 9 aliphatic rings. The summed E-state index contributed by atoms with van der Waals surface area (Å²) in [6.07, 6.45) is 19.9. The molecule has 5 N–H and O–H groups in total. The van der Waals surface area contributed by atoms with E-state index in [4.69, 9.17) is 44.4 Å². The summed E-state index contributed by atoms with van der Waals surface area (Å²) in [5, 5.41) is 36.2. The molecular formula is C101H106F2N30O7.